The van der Waals surface area contributed by atoms with Crippen LogP contribution in [-0.2, 0) is 0 Å². The van der Waals surface area contributed by atoms with E-state index in [0.29, 0.717) is 0 Å². The normalized spacial score (nSPS) is 16.6. The third-order valence-corrected chi connectivity index (χ3v) is 3.60. The molecule has 0 unspecified atom stereocenters. The van der Waals surface area contributed by atoms with E-state index in [-0.39, 0.29) is 0 Å². The van der Waals surface area contributed by atoms with Crippen LogP contribution in [0.5, 0.6) is 0 Å². The molecule has 2 N–H and O–H groups in total. The second-order valence-corrected chi connectivity index (χ2v) is 5.09. The van der Waals surface area contributed by atoms with Crippen LogP contribution in [0, 0.1) is 12.8 Å². The Labute approximate surface area is 98.4 Å². The zero-order chi connectivity index (χ0) is 11.5. The Balaban J connectivity index is 2.04. The van der Waals surface area contributed by atoms with E-state index in [1.54, 1.807) is 0 Å². The van der Waals surface area contributed by atoms with Gasteiger partial charge in [0, 0.05) is 13.6 Å². The largest absolute Gasteiger partial charge is 0.397 e. The Bertz CT molecular complexity index is 354. The molecule has 0 spiro atoms. The lowest BCUT2D eigenvalue weighted by Crippen LogP contribution is -2.24. The van der Waals surface area contributed by atoms with Gasteiger partial charge in [0.1, 0.15) is 0 Å². The smallest absolute Gasteiger partial charge is 0.0597 e. The summed E-state index contributed by atoms with van der Waals surface area (Å²) in [5, 5.41) is 0. The summed E-state index contributed by atoms with van der Waals surface area (Å²) in [6.45, 7) is 3.23. The molecule has 0 heterocycles. The molecule has 1 fully saturated rings. The van der Waals surface area contributed by atoms with Gasteiger partial charge in [-0.25, -0.2) is 0 Å². The van der Waals surface area contributed by atoms with Gasteiger partial charge in [-0.1, -0.05) is 18.9 Å². The average molecular weight is 218 g/mol. The highest BCUT2D eigenvalue weighted by molar-refractivity contribution is 5.68. The van der Waals surface area contributed by atoms with Crippen LogP contribution in [0.15, 0.2) is 18.2 Å². The molecule has 0 saturated heterocycles. The molecule has 1 aromatic rings. The highest BCUT2D eigenvalue weighted by Gasteiger charge is 2.17. The predicted octanol–water partition coefficient (Wildman–Crippen LogP) is 3.20. The van der Waals surface area contributed by atoms with E-state index in [2.05, 4.69) is 37.1 Å². The van der Waals surface area contributed by atoms with E-state index in [0.717, 1.165) is 18.2 Å². The standard InChI is InChI=1S/C14H22N2/c1-11-7-8-14(13(15)9-11)16(2)10-12-5-3-4-6-12/h7-9,12H,3-6,10,15H2,1-2H3. The topological polar surface area (TPSA) is 29.3 Å². The Kier molecular flexibility index (Phi) is 3.37. The number of nitrogens with two attached hydrogens (primary N) is 1. The number of nitrogen functional groups attached to an aromatic ring is 1. The van der Waals surface area contributed by atoms with Crippen molar-refractivity contribution in [1.82, 2.24) is 0 Å². The molecule has 0 radical (unpaired) electrons. The van der Waals surface area contributed by atoms with Gasteiger partial charge in [-0.05, 0) is 43.4 Å². The van der Waals surface area contributed by atoms with Crippen LogP contribution in [0.25, 0.3) is 0 Å². The third kappa shape index (κ3) is 2.49. The first-order chi connectivity index (χ1) is 7.66. The van der Waals surface area contributed by atoms with E-state index in [9.17, 15) is 0 Å². The maximum atomic E-state index is 6.05. The first-order valence-electron chi connectivity index (χ1n) is 6.24. The van der Waals surface area contributed by atoms with Crippen molar-refractivity contribution in [3.63, 3.8) is 0 Å². The Hall–Kier alpha value is -1.18. The molecule has 1 aliphatic carbocycles. The van der Waals surface area contributed by atoms with Crippen LogP contribution >= 0.6 is 0 Å². The minimum Gasteiger partial charge on any atom is -0.397 e. The second-order valence-electron chi connectivity index (χ2n) is 5.09. The summed E-state index contributed by atoms with van der Waals surface area (Å²) in [5.74, 6) is 0.866. The quantitative estimate of drug-likeness (QED) is 0.789. The van der Waals surface area contributed by atoms with Crippen molar-refractivity contribution >= 4 is 11.4 Å². The fourth-order valence-corrected chi connectivity index (χ4v) is 2.70. The molecule has 2 nitrogen and oxygen atoms in total. The van der Waals surface area contributed by atoms with Crippen LogP contribution in [0.4, 0.5) is 11.4 Å². The molecule has 1 saturated carbocycles. The molecule has 88 valence electrons. The van der Waals surface area contributed by atoms with Gasteiger partial charge >= 0.3 is 0 Å². The molecule has 1 aromatic carbocycles. The summed E-state index contributed by atoms with van der Waals surface area (Å²) in [7, 11) is 2.15. The third-order valence-electron chi connectivity index (χ3n) is 3.60. The summed E-state index contributed by atoms with van der Waals surface area (Å²) in [6, 6.07) is 6.33. The van der Waals surface area contributed by atoms with E-state index >= 15 is 0 Å². The van der Waals surface area contributed by atoms with Crippen molar-refractivity contribution in [1.29, 1.82) is 0 Å². The van der Waals surface area contributed by atoms with Crippen molar-refractivity contribution < 1.29 is 0 Å². The highest BCUT2D eigenvalue weighted by Crippen LogP contribution is 2.29. The highest BCUT2D eigenvalue weighted by atomic mass is 15.1. The molecular formula is C14H22N2. The van der Waals surface area contributed by atoms with Crippen LogP contribution < -0.4 is 10.6 Å². The fourth-order valence-electron chi connectivity index (χ4n) is 2.70. The minimum absolute atomic E-state index is 0.866. The molecule has 0 aromatic heterocycles. The number of hydrogen-bond acceptors (Lipinski definition) is 2. The van der Waals surface area contributed by atoms with Gasteiger partial charge in [0.05, 0.1) is 11.4 Å². The summed E-state index contributed by atoms with van der Waals surface area (Å²) in [5.41, 5.74) is 9.37. The van der Waals surface area contributed by atoms with Gasteiger partial charge in [-0.15, -0.1) is 0 Å². The number of anilines is 2. The van der Waals surface area contributed by atoms with Crippen molar-refractivity contribution in [2.45, 2.75) is 32.6 Å². The SMILES string of the molecule is Cc1ccc(N(C)CC2CCCC2)c(N)c1. The average Bonchev–Trinajstić information content (AvgIpc) is 2.70. The molecule has 16 heavy (non-hydrogen) atoms. The van der Waals surface area contributed by atoms with E-state index in [4.69, 9.17) is 5.73 Å². The number of aryl methyl sites for hydroxylation is 1. The lowest BCUT2D eigenvalue weighted by atomic mass is 10.1. The molecule has 0 aliphatic heterocycles. The van der Waals surface area contributed by atoms with Crippen LogP contribution in [0.1, 0.15) is 31.2 Å². The van der Waals surface area contributed by atoms with Crippen molar-refractivity contribution in [2.24, 2.45) is 5.92 Å². The van der Waals surface area contributed by atoms with Gasteiger partial charge in [0.2, 0.25) is 0 Å². The van der Waals surface area contributed by atoms with Crippen molar-refractivity contribution in [3.8, 4) is 0 Å². The van der Waals surface area contributed by atoms with E-state index < -0.39 is 0 Å². The predicted molar refractivity (Wildman–Crippen MR) is 70.8 cm³/mol. The van der Waals surface area contributed by atoms with Crippen LogP contribution in [-0.4, -0.2) is 13.6 Å². The van der Waals surface area contributed by atoms with E-state index in [1.165, 1.54) is 36.9 Å². The van der Waals surface area contributed by atoms with E-state index in [1.807, 2.05) is 0 Å². The summed E-state index contributed by atoms with van der Waals surface area (Å²) in [6.07, 6.45) is 5.58. The van der Waals surface area contributed by atoms with Gasteiger partial charge in [0.15, 0.2) is 0 Å². The molecule has 0 bridgehead atoms. The van der Waals surface area contributed by atoms with Gasteiger partial charge in [-0.2, -0.15) is 0 Å². The molecule has 1 aliphatic rings. The zero-order valence-electron chi connectivity index (χ0n) is 10.4. The summed E-state index contributed by atoms with van der Waals surface area (Å²) < 4.78 is 0. The lowest BCUT2D eigenvalue weighted by molar-refractivity contribution is 0.547. The first-order valence-corrected chi connectivity index (χ1v) is 6.24. The van der Waals surface area contributed by atoms with Gasteiger partial charge in [-0.3, -0.25) is 0 Å². The Morgan fingerprint density at radius 2 is 2.00 bits per heavy atom. The zero-order valence-corrected chi connectivity index (χ0v) is 10.4. The van der Waals surface area contributed by atoms with Crippen molar-refractivity contribution in [2.75, 3.05) is 24.2 Å². The molecule has 2 rings (SSSR count). The first kappa shape index (κ1) is 11.3. The number of benzene rings is 1. The van der Waals surface area contributed by atoms with Gasteiger partial charge < -0.3 is 10.6 Å². The molecular weight excluding hydrogens is 196 g/mol. The maximum Gasteiger partial charge on any atom is 0.0597 e. The fraction of sp³-hybridized carbons (Fsp3) is 0.571. The monoisotopic (exact) mass is 218 g/mol. The maximum absolute atomic E-state index is 6.05. The Morgan fingerprint density at radius 3 is 2.62 bits per heavy atom. The molecule has 0 amide bonds. The lowest BCUT2D eigenvalue weighted by Gasteiger charge is -2.24. The summed E-state index contributed by atoms with van der Waals surface area (Å²) >= 11 is 0. The number of hydrogen-bond donors (Lipinski definition) is 1. The van der Waals surface area contributed by atoms with Crippen LogP contribution in [0.3, 0.4) is 0 Å². The number of rotatable bonds is 3. The molecule has 0 atom stereocenters. The van der Waals surface area contributed by atoms with Gasteiger partial charge in [0.25, 0.3) is 0 Å². The van der Waals surface area contributed by atoms with Crippen LogP contribution in [0.2, 0.25) is 0 Å². The summed E-state index contributed by atoms with van der Waals surface area (Å²) in [4.78, 5) is 2.31. The number of nitrogens with zero attached hydrogens (tertiary/aromatic N) is 1. The molecule has 2 heteroatoms. The Morgan fingerprint density at radius 1 is 1.31 bits per heavy atom. The minimum atomic E-state index is 0.866. The van der Waals surface area contributed by atoms with Crippen molar-refractivity contribution in [3.05, 3.63) is 23.8 Å². The second kappa shape index (κ2) is 4.77.